The molecule has 1 aromatic rings. The van der Waals surface area contributed by atoms with E-state index in [1.165, 1.54) is 6.07 Å². The van der Waals surface area contributed by atoms with Gasteiger partial charge < -0.3 is 5.48 Å². The molecule has 0 unspecified atom stereocenters. The maximum atomic E-state index is 11.9. The van der Waals surface area contributed by atoms with E-state index >= 15 is 0 Å². The first-order valence-corrected chi connectivity index (χ1v) is 3.93. The molecule has 0 spiro atoms. The van der Waals surface area contributed by atoms with Crippen molar-refractivity contribution >= 4 is 21.7 Å². The highest BCUT2D eigenvalue weighted by atomic mass is 79.9. The first-order valence-electron chi connectivity index (χ1n) is 3.14. The fourth-order valence-electron chi connectivity index (χ4n) is 0.674. The molecule has 1 aromatic heterocycles. The van der Waals surface area contributed by atoms with Gasteiger partial charge in [0, 0.05) is 10.7 Å². The molecule has 0 aliphatic heterocycles. The number of ketones is 1. The predicted octanol–water partition coefficient (Wildman–Crippen LogP) is 1.76. The second-order valence-corrected chi connectivity index (χ2v) is 3.10. The topological polar surface area (TPSA) is 61.5 Å². The molecule has 78 valence electrons. The normalized spacial score (nSPS) is 10.6. The number of nitrogens with zero attached hydrogens (tertiary/aromatic N) is 1. The van der Waals surface area contributed by atoms with Gasteiger partial charge in [0.1, 0.15) is 5.69 Å². The van der Waals surface area contributed by atoms with Crippen LogP contribution in [0.15, 0.2) is 22.8 Å². The quantitative estimate of drug-likeness (QED) is 0.731. The first-order chi connectivity index (χ1) is 5.91. The van der Waals surface area contributed by atoms with Gasteiger partial charge in [-0.05, 0) is 12.1 Å². The highest BCUT2D eigenvalue weighted by Crippen LogP contribution is 2.21. The number of rotatable bonds is 1. The maximum Gasteiger partial charge on any atom is 0.456 e. The van der Waals surface area contributed by atoms with Gasteiger partial charge in [0.15, 0.2) is 0 Å². The van der Waals surface area contributed by atoms with Gasteiger partial charge in [-0.15, -0.1) is 0 Å². The first kappa shape index (κ1) is 13.1. The highest BCUT2D eigenvalue weighted by molar-refractivity contribution is 9.10. The molecule has 7 heteroatoms. The summed E-state index contributed by atoms with van der Waals surface area (Å²) in [7, 11) is 0. The largest absolute Gasteiger partial charge is 0.456 e. The summed E-state index contributed by atoms with van der Waals surface area (Å²) >= 11 is 2.94. The minimum absolute atomic E-state index is 0. The lowest BCUT2D eigenvalue weighted by atomic mass is 10.2. The van der Waals surface area contributed by atoms with Crippen molar-refractivity contribution in [1.29, 1.82) is 0 Å². The number of Topliss-reactive ketones (excluding diaryl/α,β-unsaturated/α-hetero) is 1. The number of carbonyl (C=O) groups is 1. The summed E-state index contributed by atoms with van der Waals surface area (Å²) in [5.41, 5.74) is -0.609. The number of carbonyl (C=O) groups excluding carboxylic acids is 1. The summed E-state index contributed by atoms with van der Waals surface area (Å²) in [5.74, 6) is -1.94. The average molecular weight is 272 g/mol. The molecule has 0 aliphatic carbocycles. The Hall–Kier alpha value is -0.950. The highest BCUT2D eigenvalue weighted by Gasteiger charge is 2.40. The van der Waals surface area contributed by atoms with Crippen LogP contribution in [0, 0.1) is 0 Å². The SMILES string of the molecule is O.O=C(c1cc(Br)ccn1)C(F)(F)F. The Morgan fingerprint density at radius 2 is 2.00 bits per heavy atom. The number of hydrogen-bond acceptors (Lipinski definition) is 2. The van der Waals surface area contributed by atoms with Crippen molar-refractivity contribution in [2.24, 2.45) is 0 Å². The minimum Gasteiger partial charge on any atom is -0.412 e. The monoisotopic (exact) mass is 271 g/mol. The molecule has 2 N–H and O–H groups in total. The van der Waals surface area contributed by atoms with Crippen molar-refractivity contribution in [2.45, 2.75) is 6.18 Å². The number of alkyl halides is 3. The maximum absolute atomic E-state index is 11.9. The van der Waals surface area contributed by atoms with E-state index in [2.05, 4.69) is 20.9 Å². The molecule has 0 aliphatic rings. The zero-order valence-corrected chi connectivity index (χ0v) is 8.19. The van der Waals surface area contributed by atoms with Crippen LogP contribution < -0.4 is 0 Å². The number of hydrogen-bond donors (Lipinski definition) is 0. The van der Waals surface area contributed by atoms with E-state index in [-0.39, 0.29) is 5.48 Å². The lowest BCUT2D eigenvalue weighted by molar-refractivity contribution is -0.0888. The number of pyridine rings is 1. The van der Waals surface area contributed by atoms with E-state index in [1.807, 2.05) is 0 Å². The number of aromatic nitrogens is 1. The van der Waals surface area contributed by atoms with Crippen LogP contribution in [0.4, 0.5) is 13.2 Å². The molecule has 0 saturated carbocycles. The summed E-state index contributed by atoms with van der Waals surface area (Å²) < 4.78 is 36.0. The molecule has 0 atom stereocenters. The van der Waals surface area contributed by atoms with Crippen molar-refractivity contribution in [2.75, 3.05) is 0 Å². The van der Waals surface area contributed by atoms with Crippen LogP contribution in [0.1, 0.15) is 10.5 Å². The van der Waals surface area contributed by atoms with Crippen LogP contribution in [0.3, 0.4) is 0 Å². The van der Waals surface area contributed by atoms with Crippen molar-refractivity contribution in [1.82, 2.24) is 4.98 Å². The van der Waals surface area contributed by atoms with E-state index in [0.717, 1.165) is 12.3 Å². The molecule has 3 nitrogen and oxygen atoms in total. The standard InChI is InChI=1S/C7H3BrF3NO.H2O/c8-4-1-2-12-5(3-4)6(13)7(9,10)11;/h1-3H;1H2. The van der Waals surface area contributed by atoms with E-state index in [9.17, 15) is 18.0 Å². The van der Waals surface area contributed by atoms with Gasteiger partial charge in [0.25, 0.3) is 5.78 Å². The van der Waals surface area contributed by atoms with E-state index < -0.39 is 17.7 Å². The van der Waals surface area contributed by atoms with E-state index in [4.69, 9.17) is 0 Å². The molecule has 0 amide bonds. The van der Waals surface area contributed by atoms with Crippen LogP contribution in [-0.2, 0) is 0 Å². The number of halogens is 4. The molecule has 1 heterocycles. The summed E-state index contributed by atoms with van der Waals surface area (Å²) in [6.45, 7) is 0. The Balaban J connectivity index is 0.00000169. The molecular weight excluding hydrogens is 267 g/mol. The summed E-state index contributed by atoms with van der Waals surface area (Å²) in [5, 5.41) is 0. The fraction of sp³-hybridized carbons (Fsp3) is 0.143. The fourth-order valence-corrected chi connectivity index (χ4v) is 1.01. The Morgan fingerprint density at radius 3 is 2.43 bits per heavy atom. The predicted molar refractivity (Wildman–Crippen MR) is 45.9 cm³/mol. The lowest BCUT2D eigenvalue weighted by Gasteiger charge is -2.03. The molecule has 0 bridgehead atoms. The van der Waals surface area contributed by atoms with Crippen molar-refractivity contribution in [3.05, 3.63) is 28.5 Å². The second kappa shape index (κ2) is 4.52. The zero-order chi connectivity index (χ0) is 10.1. The van der Waals surface area contributed by atoms with Gasteiger partial charge in [0.2, 0.25) is 0 Å². The van der Waals surface area contributed by atoms with Crippen LogP contribution in [0.2, 0.25) is 0 Å². The van der Waals surface area contributed by atoms with Gasteiger partial charge >= 0.3 is 6.18 Å². The molecule has 1 rings (SSSR count). The summed E-state index contributed by atoms with van der Waals surface area (Å²) in [4.78, 5) is 13.9. The van der Waals surface area contributed by atoms with Crippen LogP contribution >= 0.6 is 15.9 Å². The smallest absolute Gasteiger partial charge is 0.412 e. The van der Waals surface area contributed by atoms with Gasteiger partial charge in [-0.3, -0.25) is 9.78 Å². The molecule has 0 radical (unpaired) electrons. The summed E-state index contributed by atoms with van der Waals surface area (Å²) in [6, 6.07) is 2.46. The Bertz CT molecular complexity index is 340. The van der Waals surface area contributed by atoms with Crippen LogP contribution in [0.25, 0.3) is 0 Å². The van der Waals surface area contributed by atoms with Gasteiger partial charge in [-0.25, -0.2) is 0 Å². The molecular formula is C7H5BrF3NO2. The summed E-state index contributed by atoms with van der Waals surface area (Å²) in [6.07, 6.45) is -3.74. The zero-order valence-electron chi connectivity index (χ0n) is 6.60. The molecule has 0 saturated heterocycles. The Labute approximate surface area is 85.4 Å². The van der Waals surface area contributed by atoms with E-state index in [1.54, 1.807) is 0 Å². The molecule has 0 fully saturated rings. The third-order valence-corrected chi connectivity index (χ3v) is 1.71. The van der Waals surface area contributed by atoms with Gasteiger partial charge in [0.05, 0.1) is 0 Å². The van der Waals surface area contributed by atoms with Crippen molar-refractivity contribution in [3.8, 4) is 0 Å². The minimum atomic E-state index is -4.87. The van der Waals surface area contributed by atoms with Crippen molar-refractivity contribution < 1.29 is 23.4 Å². The average Bonchev–Trinajstić information content (AvgIpc) is 2.01. The second-order valence-electron chi connectivity index (χ2n) is 2.19. The third kappa shape index (κ3) is 3.08. The van der Waals surface area contributed by atoms with Gasteiger partial charge in [-0.1, -0.05) is 15.9 Å². The van der Waals surface area contributed by atoms with Gasteiger partial charge in [-0.2, -0.15) is 13.2 Å². The van der Waals surface area contributed by atoms with Crippen molar-refractivity contribution in [3.63, 3.8) is 0 Å². The molecule has 14 heavy (non-hydrogen) atoms. The van der Waals surface area contributed by atoms with Crippen LogP contribution in [0.5, 0.6) is 0 Å². The lowest BCUT2D eigenvalue weighted by Crippen LogP contribution is -2.23. The Morgan fingerprint density at radius 1 is 1.43 bits per heavy atom. The van der Waals surface area contributed by atoms with Crippen LogP contribution in [-0.4, -0.2) is 22.4 Å². The molecule has 0 aromatic carbocycles. The Kier molecular flexibility index (Phi) is 4.21. The van der Waals surface area contributed by atoms with E-state index in [0.29, 0.717) is 4.47 Å². The third-order valence-electron chi connectivity index (χ3n) is 1.21.